The predicted molar refractivity (Wildman–Crippen MR) is 283 cm³/mol. The van der Waals surface area contributed by atoms with Crippen molar-refractivity contribution in [3.8, 4) is 42.3 Å². The third-order valence-electron chi connectivity index (χ3n) is 10.8. The van der Waals surface area contributed by atoms with E-state index in [1.165, 1.54) is 69.6 Å². The fraction of sp³-hybridized carbons (Fsp3) is 0.0877. The van der Waals surface area contributed by atoms with Gasteiger partial charge in [-0.15, -0.1) is 82.1 Å². The van der Waals surface area contributed by atoms with Gasteiger partial charge in [0.15, 0.2) is 0 Å². The van der Waals surface area contributed by atoms with E-state index in [1.54, 1.807) is 0 Å². The van der Waals surface area contributed by atoms with Gasteiger partial charge in [-0.05, 0) is 58.4 Å². The Hall–Kier alpha value is -6.87. The van der Waals surface area contributed by atoms with Gasteiger partial charge in [0.05, 0.1) is 32.8 Å². The zero-order valence-corrected chi connectivity index (χ0v) is 44.2. The minimum atomic E-state index is -4.35. The van der Waals surface area contributed by atoms with Crippen LogP contribution in [-0.2, 0) is 44.8 Å². The molecule has 0 saturated carbocycles. The van der Waals surface area contributed by atoms with Crippen LogP contribution in [0, 0.1) is 18.2 Å². The second-order valence-electron chi connectivity index (χ2n) is 16.0. The number of nitrogens with zero attached hydrogens (tertiary/aromatic N) is 4. The molecule has 0 spiro atoms. The van der Waals surface area contributed by atoms with Crippen molar-refractivity contribution >= 4 is 85.7 Å². The number of benzene rings is 4. The van der Waals surface area contributed by atoms with Crippen LogP contribution in [0.4, 0.5) is 52.7 Å². The molecule has 0 saturated heterocycles. The molecule has 0 N–H and O–H groups in total. The smallest absolute Gasteiger partial charge is 0.303 e. The van der Waals surface area contributed by atoms with Gasteiger partial charge in [0, 0.05) is 46.6 Å². The van der Waals surface area contributed by atoms with Crippen molar-refractivity contribution in [1.82, 2.24) is 19.9 Å². The van der Waals surface area contributed by atoms with Crippen molar-refractivity contribution in [1.29, 1.82) is 0 Å². The summed E-state index contributed by atoms with van der Waals surface area (Å²) in [7, 11) is 0. The Balaban J connectivity index is 0.000000149. The zero-order valence-electron chi connectivity index (χ0n) is 38.5. The van der Waals surface area contributed by atoms with Gasteiger partial charge < -0.3 is 15.0 Å². The van der Waals surface area contributed by atoms with Crippen LogP contribution in [0.15, 0.2) is 176 Å². The van der Waals surface area contributed by atoms with Crippen molar-refractivity contribution in [2.75, 3.05) is 0 Å². The molecule has 4 nitrogen and oxygen atoms in total. The Morgan fingerprint density at radius 1 is 0.321 bits per heavy atom. The zero-order chi connectivity index (χ0) is 53.8. The van der Waals surface area contributed by atoms with Gasteiger partial charge in [-0.25, -0.2) is 34.0 Å². The van der Waals surface area contributed by atoms with E-state index >= 15 is 0 Å². The molecule has 8 heterocycles. The van der Waals surface area contributed by atoms with Gasteiger partial charge in [-0.1, -0.05) is 98.4 Å². The van der Waals surface area contributed by atoms with E-state index in [9.17, 15) is 52.7 Å². The number of fused-ring (bicyclic) bond motifs is 4. The van der Waals surface area contributed by atoms with Crippen molar-refractivity contribution in [3.63, 3.8) is 0 Å². The molecule has 4 aromatic carbocycles. The summed E-state index contributed by atoms with van der Waals surface area (Å²) in [5, 5.41) is 3.92. The van der Waals surface area contributed by atoms with Crippen molar-refractivity contribution in [2.45, 2.75) is 32.1 Å². The average molecular weight is 1320 g/mol. The normalized spacial score (nSPS) is 11.6. The molecular formula is C57H33F12IrN4S4. The molecule has 0 atom stereocenters. The van der Waals surface area contributed by atoms with E-state index in [0.29, 0.717) is 22.8 Å². The molecule has 0 aliphatic heterocycles. The summed E-state index contributed by atoms with van der Waals surface area (Å²) >= 11 is 5.91. The summed E-state index contributed by atoms with van der Waals surface area (Å²) in [5.74, 6) is 0. The minimum Gasteiger partial charge on any atom is -0.303 e. The van der Waals surface area contributed by atoms with Crippen LogP contribution >= 0.6 is 45.3 Å². The number of halogens is 12. The Labute approximate surface area is 466 Å². The van der Waals surface area contributed by atoms with E-state index in [1.807, 2.05) is 103 Å². The number of hydrogen-bond acceptors (Lipinski definition) is 8. The molecule has 8 aromatic heterocycles. The number of thiophene rings is 4. The summed E-state index contributed by atoms with van der Waals surface area (Å²) in [6.45, 7) is 0. The van der Waals surface area contributed by atoms with Gasteiger partial charge in [0.1, 0.15) is 0 Å². The summed E-state index contributed by atoms with van der Waals surface area (Å²) in [4.78, 5) is 18.6. The summed E-state index contributed by atoms with van der Waals surface area (Å²) < 4.78 is 154. The Morgan fingerprint density at radius 2 is 0.603 bits per heavy atom. The quantitative estimate of drug-likeness (QED) is 0.130. The summed E-state index contributed by atoms with van der Waals surface area (Å²) in [6.07, 6.45) is -14.0. The molecule has 398 valence electrons. The molecule has 12 aromatic rings. The van der Waals surface area contributed by atoms with E-state index < -0.39 is 47.0 Å². The molecule has 78 heavy (non-hydrogen) atoms. The molecule has 0 fully saturated rings. The topological polar surface area (TPSA) is 51.6 Å². The predicted octanol–water partition coefficient (Wildman–Crippen LogP) is 20.0. The standard InChI is InChI=1S/C14H8F3NS.3C14H7F3NS.CH4.Ir/c4*15-14(16,17)10-5-6-11(18-8-10)13-7-9-3-1-2-4-12(9)19-13;;/h1-8H;3*1-6,8H;1H4;/q;3*-1;;+3. The second kappa shape index (κ2) is 24.4. The summed E-state index contributed by atoms with van der Waals surface area (Å²) in [6, 6.07) is 52.0. The number of pyridine rings is 4. The van der Waals surface area contributed by atoms with Crippen LogP contribution in [0.25, 0.3) is 82.6 Å². The van der Waals surface area contributed by atoms with Crippen molar-refractivity contribution in [3.05, 3.63) is 217 Å². The number of alkyl halides is 12. The van der Waals surface area contributed by atoms with Crippen LogP contribution in [0.5, 0.6) is 0 Å². The Kier molecular flexibility index (Phi) is 18.4. The number of aromatic nitrogens is 4. The van der Waals surface area contributed by atoms with Crippen molar-refractivity contribution in [2.24, 2.45) is 0 Å². The van der Waals surface area contributed by atoms with Gasteiger partial charge in [0.2, 0.25) is 0 Å². The van der Waals surface area contributed by atoms with Crippen LogP contribution < -0.4 is 0 Å². The van der Waals surface area contributed by atoms with Crippen LogP contribution in [0.1, 0.15) is 29.7 Å². The molecule has 0 aliphatic carbocycles. The van der Waals surface area contributed by atoms with Gasteiger partial charge in [-0.3, -0.25) is 4.98 Å². The molecule has 0 bridgehead atoms. The minimum absolute atomic E-state index is 0. The molecule has 0 amide bonds. The third kappa shape index (κ3) is 14.4. The van der Waals surface area contributed by atoms with Crippen LogP contribution in [0.2, 0.25) is 0 Å². The van der Waals surface area contributed by atoms with Gasteiger partial charge in [-0.2, -0.15) is 52.7 Å². The second-order valence-corrected chi connectivity index (χ2v) is 20.3. The summed E-state index contributed by atoms with van der Waals surface area (Å²) in [5.41, 5.74) is -0.851. The average Bonchev–Trinajstić information content (AvgIpc) is 4.25. The first kappa shape index (κ1) is 58.8. The maximum atomic E-state index is 12.5. The van der Waals surface area contributed by atoms with Gasteiger partial charge >= 0.3 is 44.8 Å². The van der Waals surface area contributed by atoms with E-state index in [0.717, 1.165) is 109 Å². The number of hydrogen-bond donors (Lipinski definition) is 0. The first-order valence-corrected chi connectivity index (χ1v) is 25.3. The Morgan fingerprint density at radius 3 is 0.872 bits per heavy atom. The maximum absolute atomic E-state index is 12.5. The molecule has 0 radical (unpaired) electrons. The van der Waals surface area contributed by atoms with Crippen molar-refractivity contribution < 1.29 is 72.8 Å². The fourth-order valence-electron chi connectivity index (χ4n) is 7.00. The molecule has 21 heteroatoms. The largest absolute Gasteiger partial charge is 3.00 e. The SMILES string of the molecule is C.FC(F)(F)c1ccc(-c2[c-]c3ccccc3s2)nc1.FC(F)(F)c1ccc(-c2[c-]c3ccccc3s2)nc1.FC(F)(F)c1ccc(-c2[c-]c3ccccc3s2)nc1.FC(F)(F)c1ccc(-c2cc3ccccc3s2)nc1.[Ir+3]. The molecular weight excluding hydrogens is 1290 g/mol. The fourth-order valence-corrected chi connectivity index (χ4v) is 11.0. The molecule has 12 rings (SSSR count). The van der Waals surface area contributed by atoms with E-state index in [-0.39, 0.29) is 27.5 Å². The van der Waals surface area contributed by atoms with E-state index in [4.69, 9.17) is 0 Å². The number of rotatable bonds is 4. The molecule has 0 unspecified atom stereocenters. The van der Waals surface area contributed by atoms with Crippen LogP contribution in [0.3, 0.4) is 0 Å². The third-order valence-corrected chi connectivity index (χ3v) is 15.2. The first-order valence-electron chi connectivity index (χ1n) is 22.0. The van der Waals surface area contributed by atoms with E-state index in [2.05, 4.69) is 38.1 Å². The van der Waals surface area contributed by atoms with Crippen LogP contribution in [-0.4, -0.2) is 19.9 Å². The van der Waals surface area contributed by atoms with Gasteiger partial charge in [0.25, 0.3) is 0 Å². The molecule has 0 aliphatic rings. The Bertz CT molecular complexity index is 3240. The maximum Gasteiger partial charge on any atom is 3.00 e. The monoisotopic (exact) mass is 1320 g/mol. The first-order chi connectivity index (χ1) is 36.2.